The molecule has 0 aromatic heterocycles. The van der Waals surface area contributed by atoms with Gasteiger partial charge in [0.1, 0.15) is 0 Å². The van der Waals surface area contributed by atoms with Gasteiger partial charge in [-0.3, -0.25) is 0 Å². The van der Waals surface area contributed by atoms with Crippen LogP contribution in [0.1, 0.15) is 6.92 Å². The van der Waals surface area contributed by atoms with Crippen LogP contribution in [0.5, 0.6) is 0 Å². The van der Waals surface area contributed by atoms with E-state index in [0.717, 1.165) is 15.7 Å². The minimum Gasteiger partial charge on any atom is -0.612 e. The van der Waals surface area contributed by atoms with Crippen LogP contribution >= 0.6 is 23.5 Å². The van der Waals surface area contributed by atoms with Crippen LogP contribution in [0.4, 0.5) is 0 Å². The average molecular weight is 184 g/mol. The standard InChI is InChI=1S/C6H10O2S2.Li/c1-2-8-5(7)6-9-3-4-10-6;/h7H,2-4H2,1H3;/q;+1/p-1. The zero-order chi connectivity index (χ0) is 7.40. The summed E-state index contributed by atoms with van der Waals surface area (Å²) in [6, 6.07) is 0. The molecule has 0 atom stereocenters. The molecule has 1 aliphatic rings. The molecule has 11 heavy (non-hydrogen) atoms. The van der Waals surface area contributed by atoms with Crippen molar-refractivity contribution in [2.24, 2.45) is 0 Å². The fourth-order valence-electron chi connectivity index (χ4n) is 0.618. The third-order valence-corrected chi connectivity index (χ3v) is 3.63. The Labute approximate surface area is 87.3 Å². The smallest absolute Gasteiger partial charge is 0.612 e. The van der Waals surface area contributed by atoms with Gasteiger partial charge in [0.2, 0.25) is 0 Å². The van der Waals surface area contributed by atoms with Crippen LogP contribution in [-0.4, -0.2) is 18.1 Å². The topological polar surface area (TPSA) is 32.3 Å². The molecule has 0 aromatic rings. The van der Waals surface area contributed by atoms with E-state index in [-0.39, 0.29) is 24.8 Å². The van der Waals surface area contributed by atoms with Crippen molar-refractivity contribution in [3.8, 4) is 0 Å². The van der Waals surface area contributed by atoms with Crippen LogP contribution in [0.2, 0.25) is 0 Å². The molecule has 0 radical (unpaired) electrons. The monoisotopic (exact) mass is 184 g/mol. The van der Waals surface area contributed by atoms with Crippen molar-refractivity contribution in [2.45, 2.75) is 6.92 Å². The summed E-state index contributed by atoms with van der Waals surface area (Å²) in [5.41, 5.74) is 0. The molecule has 0 unspecified atom stereocenters. The van der Waals surface area contributed by atoms with Crippen molar-refractivity contribution in [1.29, 1.82) is 0 Å². The van der Waals surface area contributed by atoms with Gasteiger partial charge in [0.15, 0.2) is 0 Å². The van der Waals surface area contributed by atoms with E-state index in [1.807, 2.05) is 6.92 Å². The summed E-state index contributed by atoms with van der Waals surface area (Å²) in [5, 5.41) is 10.9. The van der Waals surface area contributed by atoms with E-state index in [0.29, 0.717) is 6.61 Å². The fourth-order valence-corrected chi connectivity index (χ4v) is 2.84. The van der Waals surface area contributed by atoms with Crippen LogP contribution in [0.15, 0.2) is 10.2 Å². The van der Waals surface area contributed by atoms with E-state index in [4.69, 9.17) is 4.74 Å². The predicted octanol–water partition coefficient (Wildman–Crippen LogP) is -2.01. The first-order chi connectivity index (χ1) is 4.84. The van der Waals surface area contributed by atoms with Gasteiger partial charge in [0, 0.05) is 11.5 Å². The summed E-state index contributed by atoms with van der Waals surface area (Å²) >= 11 is 3.19. The predicted molar refractivity (Wildman–Crippen MR) is 43.6 cm³/mol. The second kappa shape index (κ2) is 6.19. The minimum atomic E-state index is -0.144. The van der Waals surface area contributed by atoms with E-state index in [9.17, 15) is 5.11 Å². The van der Waals surface area contributed by atoms with E-state index in [1.54, 1.807) is 23.5 Å². The second-order valence-corrected chi connectivity index (χ2v) is 4.17. The molecule has 1 aliphatic heterocycles. The Morgan fingerprint density at radius 2 is 2.09 bits per heavy atom. The van der Waals surface area contributed by atoms with Gasteiger partial charge in [-0.15, -0.1) is 23.5 Å². The Hall–Kier alpha value is 0.637. The Bertz CT molecular complexity index is 142. The summed E-state index contributed by atoms with van der Waals surface area (Å²) in [6.45, 7) is 2.30. The summed E-state index contributed by atoms with van der Waals surface area (Å²) in [7, 11) is 0. The van der Waals surface area contributed by atoms with Gasteiger partial charge in [-0.25, -0.2) is 0 Å². The number of rotatable bonds is 2. The van der Waals surface area contributed by atoms with Crippen LogP contribution in [0, 0.1) is 0 Å². The van der Waals surface area contributed by atoms with Crippen LogP contribution in [0.25, 0.3) is 0 Å². The Balaban J connectivity index is 0.000001000. The minimum absolute atomic E-state index is 0. The van der Waals surface area contributed by atoms with Crippen molar-refractivity contribution in [3.05, 3.63) is 10.2 Å². The average Bonchev–Trinajstić information content (AvgIpc) is 2.38. The largest absolute Gasteiger partial charge is 1.00 e. The Morgan fingerprint density at radius 3 is 2.55 bits per heavy atom. The fraction of sp³-hybridized carbons (Fsp3) is 0.667. The third kappa shape index (κ3) is 3.70. The van der Waals surface area contributed by atoms with E-state index in [2.05, 4.69) is 0 Å². The van der Waals surface area contributed by atoms with Gasteiger partial charge >= 0.3 is 18.9 Å². The van der Waals surface area contributed by atoms with Gasteiger partial charge in [0.05, 0.1) is 10.2 Å². The van der Waals surface area contributed by atoms with Crippen LogP contribution < -0.4 is 24.0 Å². The maximum absolute atomic E-state index is 10.9. The van der Waals surface area contributed by atoms with Crippen LogP contribution in [0.3, 0.4) is 0 Å². The molecule has 1 rings (SSSR count). The first kappa shape index (κ1) is 11.6. The third-order valence-electron chi connectivity index (χ3n) is 0.992. The van der Waals surface area contributed by atoms with Crippen molar-refractivity contribution in [3.63, 3.8) is 0 Å². The van der Waals surface area contributed by atoms with Crippen molar-refractivity contribution < 1.29 is 28.7 Å². The number of hydrogen-bond acceptors (Lipinski definition) is 4. The molecular formula is C6H9LiO2S2. The summed E-state index contributed by atoms with van der Waals surface area (Å²) in [4.78, 5) is 0. The molecular weight excluding hydrogens is 175 g/mol. The molecule has 1 saturated heterocycles. The van der Waals surface area contributed by atoms with E-state index in [1.165, 1.54) is 0 Å². The molecule has 2 nitrogen and oxygen atoms in total. The second-order valence-electron chi connectivity index (χ2n) is 1.70. The van der Waals surface area contributed by atoms with Gasteiger partial charge in [-0.05, 0) is 6.61 Å². The summed E-state index contributed by atoms with van der Waals surface area (Å²) in [5.74, 6) is 1.94. The molecule has 0 aromatic carbocycles. The molecule has 1 fully saturated rings. The van der Waals surface area contributed by atoms with Crippen molar-refractivity contribution in [1.82, 2.24) is 0 Å². The Morgan fingerprint density at radius 1 is 1.55 bits per heavy atom. The van der Waals surface area contributed by atoms with E-state index < -0.39 is 0 Å². The van der Waals surface area contributed by atoms with Gasteiger partial charge in [-0.1, -0.05) is 6.92 Å². The molecule has 58 valence electrons. The molecule has 5 heteroatoms. The first-order valence-electron chi connectivity index (χ1n) is 3.14. The van der Waals surface area contributed by atoms with Gasteiger partial charge in [-0.2, -0.15) is 0 Å². The molecule has 0 N–H and O–H groups in total. The normalized spacial score (nSPS) is 15.9. The molecule has 0 amide bonds. The number of thioether (sulfide) groups is 2. The number of hydrogen-bond donors (Lipinski definition) is 0. The molecule has 0 spiro atoms. The quantitative estimate of drug-likeness (QED) is 0.367. The van der Waals surface area contributed by atoms with Crippen LogP contribution in [-0.2, 0) is 4.74 Å². The molecule has 0 saturated carbocycles. The SMILES string of the molecule is CCOC([O-])=C1SCCS1.[Li+]. The molecule has 1 heterocycles. The molecule has 0 bridgehead atoms. The van der Waals surface area contributed by atoms with Crippen molar-refractivity contribution in [2.75, 3.05) is 18.1 Å². The maximum Gasteiger partial charge on any atom is 1.00 e. The molecule has 0 aliphatic carbocycles. The Kier molecular flexibility index (Phi) is 6.54. The zero-order valence-electron chi connectivity index (χ0n) is 6.75. The van der Waals surface area contributed by atoms with Gasteiger partial charge < -0.3 is 9.84 Å². The zero-order valence-corrected chi connectivity index (χ0v) is 8.39. The first-order valence-corrected chi connectivity index (χ1v) is 5.11. The van der Waals surface area contributed by atoms with Gasteiger partial charge in [0.25, 0.3) is 0 Å². The maximum atomic E-state index is 10.9. The van der Waals surface area contributed by atoms with E-state index >= 15 is 0 Å². The summed E-state index contributed by atoms with van der Waals surface area (Å²) in [6.07, 6.45) is 0. The summed E-state index contributed by atoms with van der Waals surface area (Å²) < 4.78 is 5.63. The van der Waals surface area contributed by atoms with Crippen molar-refractivity contribution >= 4 is 23.5 Å². The number of ether oxygens (including phenoxy) is 1.